The quantitative estimate of drug-likeness (QED) is 0.680. The lowest BCUT2D eigenvalue weighted by Gasteiger charge is -2.30. The van der Waals surface area contributed by atoms with Crippen LogP contribution in [0.3, 0.4) is 0 Å². The summed E-state index contributed by atoms with van der Waals surface area (Å²) in [5.74, 6) is 0.770. The zero-order chi connectivity index (χ0) is 15.7. The summed E-state index contributed by atoms with van der Waals surface area (Å²) in [7, 11) is 1.99. The zero-order valence-electron chi connectivity index (χ0n) is 11.8. The second-order valence-electron chi connectivity index (χ2n) is 5.11. The molecule has 1 aromatic carbocycles. The van der Waals surface area contributed by atoms with Gasteiger partial charge < -0.3 is 9.84 Å². The molecule has 1 saturated heterocycles. The highest BCUT2D eigenvalue weighted by molar-refractivity contribution is 6.31. The predicted molar refractivity (Wildman–Crippen MR) is 79.6 cm³/mol. The molecule has 2 heterocycles. The minimum atomic E-state index is -0.508. The van der Waals surface area contributed by atoms with Gasteiger partial charge in [-0.2, -0.15) is 4.98 Å². The number of hydrogen-bond donors (Lipinski definition) is 1. The van der Waals surface area contributed by atoms with Crippen LogP contribution in [0.5, 0.6) is 0 Å². The van der Waals surface area contributed by atoms with E-state index < -0.39 is 4.92 Å². The van der Waals surface area contributed by atoms with Crippen LogP contribution in [0.15, 0.2) is 22.7 Å². The van der Waals surface area contributed by atoms with Crippen LogP contribution in [0.1, 0.15) is 11.9 Å². The van der Waals surface area contributed by atoms with E-state index in [-0.39, 0.29) is 22.6 Å². The molecule has 22 heavy (non-hydrogen) atoms. The fourth-order valence-corrected chi connectivity index (χ4v) is 2.61. The van der Waals surface area contributed by atoms with E-state index in [2.05, 4.69) is 20.4 Å². The molecular weight excluding hydrogens is 310 g/mol. The molecule has 0 aliphatic carbocycles. The van der Waals surface area contributed by atoms with Gasteiger partial charge in [-0.3, -0.25) is 15.0 Å². The number of rotatable bonds is 3. The Hall–Kier alpha value is -2.03. The smallest absolute Gasteiger partial charge is 0.271 e. The van der Waals surface area contributed by atoms with Crippen molar-refractivity contribution in [2.24, 2.45) is 0 Å². The van der Waals surface area contributed by atoms with Crippen LogP contribution in [0.2, 0.25) is 5.02 Å². The molecule has 0 amide bonds. The van der Waals surface area contributed by atoms with E-state index >= 15 is 0 Å². The molecule has 116 valence electrons. The summed E-state index contributed by atoms with van der Waals surface area (Å²) in [6.07, 6.45) is 0. The predicted octanol–water partition coefficient (Wildman–Crippen LogP) is 1.87. The highest BCUT2D eigenvalue weighted by Gasteiger charge is 2.26. The van der Waals surface area contributed by atoms with Crippen molar-refractivity contribution >= 4 is 17.3 Å². The topological polar surface area (TPSA) is 97.3 Å². The van der Waals surface area contributed by atoms with E-state index in [0.29, 0.717) is 11.4 Å². The van der Waals surface area contributed by atoms with E-state index in [1.54, 1.807) is 6.07 Å². The number of hydrogen-bond acceptors (Lipinski definition) is 7. The Morgan fingerprint density at radius 2 is 2.32 bits per heavy atom. The third-order valence-electron chi connectivity index (χ3n) is 3.59. The van der Waals surface area contributed by atoms with Crippen molar-refractivity contribution in [1.29, 1.82) is 0 Å². The molecule has 2 aromatic rings. The lowest BCUT2D eigenvalue weighted by atomic mass is 10.2. The molecule has 1 fully saturated rings. The largest absolute Gasteiger partial charge is 0.334 e. The van der Waals surface area contributed by atoms with Gasteiger partial charge in [0.15, 0.2) is 5.82 Å². The van der Waals surface area contributed by atoms with Crippen molar-refractivity contribution in [1.82, 2.24) is 20.4 Å². The number of piperazine rings is 1. The van der Waals surface area contributed by atoms with Crippen LogP contribution in [0.4, 0.5) is 5.69 Å². The van der Waals surface area contributed by atoms with E-state index in [1.807, 2.05) is 7.05 Å². The van der Waals surface area contributed by atoms with Crippen molar-refractivity contribution in [3.8, 4) is 11.5 Å². The number of halogens is 1. The van der Waals surface area contributed by atoms with Gasteiger partial charge >= 0.3 is 0 Å². The van der Waals surface area contributed by atoms with E-state index in [4.69, 9.17) is 16.1 Å². The zero-order valence-corrected chi connectivity index (χ0v) is 12.6. The van der Waals surface area contributed by atoms with Crippen LogP contribution in [-0.2, 0) is 0 Å². The van der Waals surface area contributed by atoms with Gasteiger partial charge in [0.25, 0.3) is 11.6 Å². The van der Waals surface area contributed by atoms with Gasteiger partial charge in [0, 0.05) is 42.4 Å². The highest BCUT2D eigenvalue weighted by atomic mass is 35.5. The number of nitro groups is 1. The maximum absolute atomic E-state index is 10.9. The van der Waals surface area contributed by atoms with Crippen LogP contribution < -0.4 is 5.32 Å². The van der Waals surface area contributed by atoms with Gasteiger partial charge in [0.1, 0.15) is 0 Å². The number of nitro benzene ring substituents is 1. The number of benzene rings is 1. The molecule has 0 spiro atoms. The molecule has 1 aliphatic heterocycles. The minimum Gasteiger partial charge on any atom is -0.334 e. The maximum atomic E-state index is 10.9. The molecule has 1 aromatic heterocycles. The molecule has 0 saturated carbocycles. The maximum Gasteiger partial charge on any atom is 0.271 e. The first kappa shape index (κ1) is 14.9. The van der Waals surface area contributed by atoms with Crippen LogP contribution >= 0.6 is 11.6 Å². The average Bonchev–Trinajstić information content (AvgIpc) is 2.96. The second kappa shape index (κ2) is 5.99. The third kappa shape index (κ3) is 2.94. The minimum absolute atomic E-state index is 0.0143. The molecular formula is C13H14ClN5O3. The van der Waals surface area contributed by atoms with Crippen LogP contribution in [-0.4, -0.2) is 46.6 Å². The standard InChI is InChI=1S/C13H14ClN5O3/c1-18-3-2-15-7-11(18)12-16-13(22-17-12)8-4-9(14)6-10(5-8)19(20)21/h4-6,11,15H,2-3,7H2,1H3. The summed E-state index contributed by atoms with van der Waals surface area (Å²) in [5.41, 5.74) is 0.322. The van der Waals surface area contributed by atoms with Gasteiger partial charge in [0.05, 0.1) is 11.0 Å². The highest BCUT2D eigenvalue weighted by Crippen LogP contribution is 2.28. The Morgan fingerprint density at radius 1 is 1.50 bits per heavy atom. The van der Waals surface area contributed by atoms with Crippen LogP contribution in [0.25, 0.3) is 11.5 Å². The summed E-state index contributed by atoms with van der Waals surface area (Å²) in [6.45, 7) is 2.53. The first-order chi connectivity index (χ1) is 10.5. The monoisotopic (exact) mass is 323 g/mol. The molecule has 9 heteroatoms. The summed E-state index contributed by atoms with van der Waals surface area (Å²) >= 11 is 5.91. The lowest BCUT2D eigenvalue weighted by molar-refractivity contribution is -0.384. The Bertz CT molecular complexity index is 705. The average molecular weight is 324 g/mol. The number of non-ortho nitro benzene ring substituents is 1. The molecule has 1 unspecified atom stereocenters. The van der Waals surface area contributed by atoms with Crippen molar-refractivity contribution in [3.63, 3.8) is 0 Å². The fraction of sp³-hybridized carbons (Fsp3) is 0.385. The molecule has 8 nitrogen and oxygen atoms in total. The molecule has 0 bridgehead atoms. The van der Waals surface area contributed by atoms with Crippen LogP contribution in [0, 0.1) is 10.1 Å². The summed E-state index contributed by atoms with van der Waals surface area (Å²) in [6, 6.07) is 4.22. The van der Waals surface area contributed by atoms with Crippen molar-refractivity contribution in [2.75, 3.05) is 26.7 Å². The Labute approximate surface area is 131 Å². The molecule has 3 rings (SSSR count). The Kier molecular flexibility index (Phi) is 4.06. The van der Waals surface area contributed by atoms with Crippen molar-refractivity contribution in [2.45, 2.75) is 6.04 Å². The normalized spacial score (nSPS) is 19.3. The number of aromatic nitrogens is 2. The van der Waals surface area contributed by atoms with E-state index in [1.165, 1.54) is 12.1 Å². The van der Waals surface area contributed by atoms with Gasteiger partial charge in [-0.15, -0.1) is 0 Å². The number of likely N-dealkylation sites (N-methyl/N-ethyl adjacent to an activating group) is 1. The fourth-order valence-electron chi connectivity index (χ4n) is 2.38. The lowest BCUT2D eigenvalue weighted by Crippen LogP contribution is -2.44. The van der Waals surface area contributed by atoms with Gasteiger partial charge in [-0.05, 0) is 13.1 Å². The first-order valence-electron chi connectivity index (χ1n) is 6.74. The SMILES string of the molecule is CN1CCNCC1c1noc(-c2cc(Cl)cc([N+](=O)[O-])c2)n1. The Balaban J connectivity index is 1.92. The molecule has 1 N–H and O–H groups in total. The van der Waals surface area contributed by atoms with Gasteiger partial charge in [-0.1, -0.05) is 16.8 Å². The van der Waals surface area contributed by atoms with Crippen molar-refractivity contribution < 1.29 is 9.45 Å². The Morgan fingerprint density at radius 3 is 3.05 bits per heavy atom. The third-order valence-corrected chi connectivity index (χ3v) is 3.81. The van der Waals surface area contributed by atoms with Gasteiger partial charge in [-0.25, -0.2) is 0 Å². The molecule has 0 radical (unpaired) electrons. The molecule has 1 aliphatic rings. The summed E-state index contributed by atoms with van der Waals surface area (Å²) in [5, 5.41) is 18.4. The number of nitrogens with one attached hydrogen (secondary N) is 1. The van der Waals surface area contributed by atoms with E-state index in [9.17, 15) is 10.1 Å². The summed E-state index contributed by atoms with van der Waals surface area (Å²) in [4.78, 5) is 16.9. The second-order valence-corrected chi connectivity index (χ2v) is 5.55. The van der Waals surface area contributed by atoms with Gasteiger partial charge in [0.2, 0.25) is 0 Å². The van der Waals surface area contributed by atoms with E-state index in [0.717, 1.165) is 19.6 Å². The number of nitrogens with zero attached hydrogens (tertiary/aromatic N) is 4. The molecule has 1 atom stereocenters. The first-order valence-corrected chi connectivity index (χ1v) is 7.12. The summed E-state index contributed by atoms with van der Waals surface area (Å²) < 4.78 is 5.25. The van der Waals surface area contributed by atoms with Crippen molar-refractivity contribution in [3.05, 3.63) is 39.2 Å².